The quantitative estimate of drug-likeness (QED) is 0.713. The molecular formula is C21H24N2O6. The molecule has 4 rings (SSSR count). The summed E-state index contributed by atoms with van der Waals surface area (Å²) in [5.41, 5.74) is -0.00864. The van der Waals surface area contributed by atoms with E-state index in [1.807, 2.05) is 0 Å². The maximum atomic E-state index is 13.0. The van der Waals surface area contributed by atoms with E-state index in [4.69, 9.17) is 13.6 Å². The number of nitrogens with zero attached hydrogens (tertiary/aromatic N) is 2. The second kappa shape index (κ2) is 8.26. The number of Topliss-reactive ketones (excluding diaryl/α,β-unsaturated/α-hetero) is 1. The summed E-state index contributed by atoms with van der Waals surface area (Å²) in [6.45, 7) is 6.13. The van der Waals surface area contributed by atoms with E-state index in [9.17, 15) is 14.7 Å². The van der Waals surface area contributed by atoms with Crippen molar-refractivity contribution in [3.63, 3.8) is 0 Å². The van der Waals surface area contributed by atoms with Gasteiger partial charge in [-0.2, -0.15) is 0 Å². The molecule has 1 unspecified atom stereocenters. The molecule has 0 aliphatic carbocycles. The lowest BCUT2D eigenvalue weighted by Crippen LogP contribution is -2.39. The third kappa shape index (κ3) is 3.86. The number of carbonyl (C=O) groups is 2. The van der Waals surface area contributed by atoms with E-state index < -0.39 is 23.5 Å². The molecule has 0 bridgehead atoms. The fourth-order valence-corrected chi connectivity index (χ4v) is 3.84. The molecule has 2 aliphatic rings. The Bertz CT molecular complexity index is 908. The minimum atomic E-state index is -0.779. The first-order valence-corrected chi connectivity index (χ1v) is 9.75. The van der Waals surface area contributed by atoms with Crippen molar-refractivity contribution in [1.29, 1.82) is 0 Å². The monoisotopic (exact) mass is 400 g/mol. The lowest BCUT2D eigenvalue weighted by Gasteiger charge is -2.29. The van der Waals surface area contributed by atoms with E-state index in [0.717, 1.165) is 19.6 Å². The summed E-state index contributed by atoms with van der Waals surface area (Å²) in [4.78, 5) is 29.6. The average Bonchev–Trinajstić information content (AvgIpc) is 3.45. The number of amides is 1. The van der Waals surface area contributed by atoms with Crippen molar-refractivity contribution in [2.24, 2.45) is 0 Å². The summed E-state index contributed by atoms with van der Waals surface area (Å²) >= 11 is 0. The number of aliphatic hydroxyl groups excluding tert-OH is 1. The van der Waals surface area contributed by atoms with Crippen LogP contribution in [0.2, 0.25) is 0 Å². The minimum absolute atomic E-state index is 0.00864. The smallest absolute Gasteiger partial charge is 0.290 e. The van der Waals surface area contributed by atoms with Crippen molar-refractivity contribution in [2.75, 3.05) is 39.4 Å². The standard InChI is InChI=1S/C21H24N2O6/c1-14-5-6-15(29-14)18-17(19(24)16-4-2-11-28-16)20(25)21(26)23(18)8-3-7-22-9-12-27-13-10-22/h2,4-6,11,18,25H,3,7-10,12-13H2,1H3. The zero-order valence-electron chi connectivity index (χ0n) is 16.3. The Morgan fingerprint density at radius 1 is 1.21 bits per heavy atom. The molecule has 154 valence electrons. The van der Waals surface area contributed by atoms with Gasteiger partial charge in [0.05, 0.1) is 25.1 Å². The van der Waals surface area contributed by atoms with E-state index in [1.165, 1.54) is 17.2 Å². The Hall–Kier alpha value is -2.84. The predicted molar refractivity (Wildman–Crippen MR) is 102 cm³/mol. The van der Waals surface area contributed by atoms with Gasteiger partial charge in [-0.15, -0.1) is 0 Å². The number of carbonyl (C=O) groups excluding carboxylic acids is 2. The van der Waals surface area contributed by atoms with E-state index in [-0.39, 0.29) is 11.3 Å². The SMILES string of the molecule is Cc1ccc(C2C(C(=O)c3ccco3)=C(O)C(=O)N2CCCN2CCOCC2)o1. The van der Waals surface area contributed by atoms with Crippen LogP contribution in [0.4, 0.5) is 0 Å². The van der Waals surface area contributed by atoms with Crippen molar-refractivity contribution >= 4 is 11.7 Å². The molecule has 2 aliphatic heterocycles. The van der Waals surface area contributed by atoms with Crippen LogP contribution in [0.5, 0.6) is 0 Å². The summed E-state index contributed by atoms with van der Waals surface area (Å²) in [6, 6.07) is 5.83. The molecule has 0 radical (unpaired) electrons. The van der Waals surface area contributed by atoms with Crippen LogP contribution >= 0.6 is 0 Å². The van der Waals surface area contributed by atoms with Crippen molar-refractivity contribution in [1.82, 2.24) is 9.80 Å². The molecule has 4 heterocycles. The Balaban J connectivity index is 1.57. The fraction of sp³-hybridized carbons (Fsp3) is 0.429. The second-order valence-electron chi connectivity index (χ2n) is 7.23. The summed E-state index contributed by atoms with van der Waals surface area (Å²) in [5, 5.41) is 10.5. The minimum Gasteiger partial charge on any atom is -0.503 e. The highest BCUT2D eigenvalue weighted by Gasteiger charge is 2.45. The zero-order valence-corrected chi connectivity index (χ0v) is 16.3. The van der Waals surface area contributed by atoms with Crippen LogP contribution in [0.3, 0.4) is 0 Å². The van der Waals surface area contributed by atoms with Gasteiger partial charge in [0.25, 0.3) is 5.91 Å². The maximum Gasteiger partial charge on any atom is 0.290 e. The van der Waals surface area contributed by atoms with Crippen molar-refractivity contribution < 1.29 is 28.3 Å². The van der Waals surface area contributed by atoms with Gasteiger partial charge in [-0.1, -0.05) is 0 Å². The number of hydrogen-bond donors (Lipinski definition) is 1. The largest absolute Gasteiger partial charge is 0.503 e. The molecule has 29 heavy (non-hydrogen) atoms. The highest BCUT2D eigenvalue weighted by atomic mass is 16.5. The van der Waals surface area contributed by atoms with Crippen LogP contribution in [0.25, 0.3) is 0 Å². The van der Waals surface area contributed by atoms with Crippen LogP contribution in [-0.2, 0) is 9.53 Å². The Morgan fingerprint density at radius 2 is 2.00 bits per heavy atom. The van der Waals surface area contributed by atoms with Gasteiger partial charge in [0.1, 0.15) is 17.6 Å². The number of furan rings is 2. The van der Waals surface area contributed by atoms with Gasteiger partial charge in [-0.25, -0.2) is 0 Å². The van der Waals surface area contributed by atoms with Gasteiger partial charge in [0.15, 0.2) is 11.5 Å². The summed E-state index contributed by atoms with van der Waals surface area (Å²) in [7, 11) is 0. The molecule has 8 nitrogen and oxygen atoms in total. The van der Waals surface area contributed by atoms with Gasteiger partial charge in [0.2, 0.25) is 5.78 Å². The van der Waals surface area contributed by atoms with Gasteiger partial charge in [-0.3, -0.25) is 14.5 Å². The molecule has 8 heteroatoms. The molecule has 2 aromatic rings. The third-order valence-electron chi connectivity index (χ3n) is 5.30. The molecule has 0 spiro atoms. The number of aliphatic hydroxyl groups is 1. The lowest BCUT2D eigenvalue weighted by atomic mass is 9.99. The first kappa shape index (κ1) is 19.5. The number of aryl methyl sites for hydroxylation is 1. The van der Waals surface area contributed by atoms with Crippen LogP contribution in [-0.4, -0.2) is 66.0 Å². The van der Waals surface area contributed by atoms with Gasteiger partial charge in [-0.05, 0) is 37.6 Å². The van der Waals surface area contributed by atoms with Crippen molar-refractivity contribution in [2.45, 2.75) is 19.4 Å². The normalized spacial score (nSPS) is 20.7. The fourth-order valence-electron chi connectivity index (χ4n) is 3.84. The molecule has 1 fully saturated rings. The zero-order chi connectivity index (χ0) is 20.4. The summed E-state index contributed by atoms with van der Waals surface area (Å²) < 4.78 is 16.3. The summed E-state index contributed by atoms with van der Waals surface area (Å²) in [6.07, 6.45) is 2.09. The molecular weight excluding hydrogens is 376 g/mol. The number of ketones is 1. The number of hydrogen-bond acceptors (Lipinski definition) is 7. The average molecular weight is 400 g/mol. The van der Waals surface area contributed by atoms with Crippen LogP contribution < -0.4 is 0 Å². The van der Waals surface area contributed by atoms with Crippen molar-refractivity contribution in [3.05, 3.63) is 59.1 Å². The highest BCUT2D eigenvalue weighted by molar-refractivity contribution is 6.14. The lowest BCUT2D eigenvalue weighted by molar-refractivity contribution is -0.129. The maximum absolute atomic E-state index is 13.0. The van der Waals surface area contributed by atoms with E-state index in [0.29, 0.717) is 37.7 Å². The van der Waals surface area contributed by atoms with Gasteiger partial charge < -0.3 is 23.6 Å². The first-order valence-electron chi connectivity index (χ1n) is 9.75. The van der Waals surface area contributed by atoms with E-state index in [2.05, 4.69) is 4.90 Å². The molecule has 0 aromatic carbocycles. The van der Waals surface area contributed by atoms with Crippen molar-refractivity contribution in [3.8, 4) is 0 Å². The molecule has 1 N–H and O–H groups in total. The van der Waals surface area contributed by atoms with E-state index in [1.54, 1.807) is 25.1 Å². The van der Waals surface area contributed by atoms with E-state index >= 15 is 0 Å². The topological polar surface area (TPSA) is 96.4 Å². The number of morpholine rings is 1. The second-order valence-corrected chi connectivity index (χ2v) is 7.23. The Morgan fingerprint density at radius 3 is 2.66 bits per heavy atom. The molecule has 1 atom stereocenters. The van der Waals surface area contributed by atoms with Crippen LogP contribution in [0.1, 0.15) is 34.5 Å². The Labute approximate surface area is 168 Å². The van der Waals surface area contributed by atoms with Crippen LogP contribution in [0, 0.1) is 6.92 Å². The highest BCUT2D eigenvalue weighted by Crippen LogP contribution is 2.39. The molecule has 2 aromatic heterocycles. The Kier molecular flexibility index (Phi) is 5.55. The number of rotatable bonds is 7. The third-order valence-corrected chi connectivity index (χ3v) is 5.30. The number of ether oxygens (including phenoxy) is 1. The molecule has 0 saturated carbocycles. The van der Waals surface area contributed by atoms with Gasteiger partial charge >= 0.3 is 0 Å². The predicted octanol–water partition coefficient (Wildman–Crippen LogP) is 2.48. The van der Waals surface area contributed by atoms with Gasteiger partial charge in [0, 0.05) is 26.2 Å². The summed E-state index contributed by atoms with van der Waals surface area (Å²) in [5.74, 6) is -0.450. The molecule has 1 saturated heterocycles. The van der Waals surface area contributed by atoms with Crippen LogP contribution in [0.15, 0.2) is 50.7 Å². The first-order chi connectivity index (χ1) is 14.1. The molecule has 1 amide bonds.